The Labute approximate surface area is 176 Å². The average Bonchev–Trinajstić information content (AvgIpc) is 3.51. The summed E-state index contributed by atoms with van der Waals surface area (Å²) >= 11 is 12.4. The monoisotopic (exact) mass is 421 g/mol. The van der Waals surface area contributed by atoms with Gasteiger partial charge in [0.25, 0.3) is 0 Å². The highest BCUT2D eigenvalue weighted by Gasteiger charge is 2.39. The van der Waals surface area contributed by atoms with Gasteiger partial charge in [0.1, 0.15) is 12.7 Å². The van der Waals surface area contributed by atoms with Crippen molar-refractivity contribution in [2.75, 3.05) is 20.3 Å². The molecule has 0 aromatic heterocycles. The number of halogens is 2. The largest absolute Gasteiger partial charge is 0.467 e. The fourth-order valence-corrected chi connectivity index (χ4v) is 3.62. The van der Waals surface area contributed by atoms with Crippen LogP contribution in [0, 0.1) is 5.92 Å². The third kappa shape index (κ3) is 5.26. The van der Waals surface area contributed by atoms with Crippen molar-refractivity contribution in [2.24, 2.45) is 5.92 Å². The summed E-state index contributed by atoms with van der Waals surface area (Å²) in [5.41, 5.74) is 1.32. The van der Waals surface area contributed by atoms with Gasteiger partial charge in [0.05, 0.1) is 12.6 Å². The minimum atomic E-state index is -0.591. The molecule has 0 bridgehead atoms. The number of benzene rings is 2. The third-order valence-electron chi connectivity index (χ3n) is 5.17. The fraction of sp³-hybridized carbons (Fsp3) is 0.409. The summed E-state index contributed by atoms with van der Waals surface area (Å²) in [7, 11) is 1.35. The highest BCUT2D eigenvalue weighted by atomic mass is 35.5. The maximum atomic E-state index is 11.8. The molecule has 0 amide bonds. The van der Waals surface area contributed by atoms with E-state index in [1.54, 1.807) is 0 Å². The Bertz CT molecular complexity index is 808. The molecule has 6 heteroatoms. The number of ether oxygens (including phenoxy) is 2. The number of rotatable bonds is 9. The molecule has 1 N–H and O–H groups in total. The molecule has 1 aliphatic rings. The summed E-state index contributed by atoms with van der Waals surface area (Å²) in [5.74, 6) is 0.250. The Morgan fingerprint density at radius 2 is 1.89 bits per heavy atom. The smallest absolute Gasteiger partial charge is 0.331 e. The van der Waals surface area contributed by atoms with Crippen LogP contribution in [-0.2, 0) is 19.8 Å². The standard InChI is InChI=1S/C22H25Cl2NO3/c1-22(25-13-15-6-7-15,17-8-10-18(23)11-9-17)21(28-14-20(26)27-2)16-4-3-5-19(24)12-16/h3-5,8-12,15,21,25H,6-7,13-14H2,1-2H3/t21-,22+/m0/s1. The molecule has 0 saturated heterocycles. The molecule has 1 fully saturated rings. The van der Waals surface area contributed by atoms with Gasteiger partial charge in [0, 0.05) is 10.0 Å². The van der Waals surface area contributed by atoms with Gasteiger partial charge in [0.15, 0.2) is 0 Å². The van der Waals surface area contributed by atoms with Gasteiger partial charge in [-0.15, -0.1) is 0 Å². The summed E-state index contributed by atoms with van der Waals surface area (Å²) in [6.07, 6.45) is 2.01. The van der Waals surface area contributed by atoms with Gasteiger partial charge in [-0.25, -0.2) is 4.79 Å². The van der Waals surface area contributed by atoms with Crippen molar-refractivity contribution in [3.8, 4) is 0 Å². The predicted octanol–water partition coefficient (Wildman–Crippen LogP) is 5.14. The van der Waals surface area contributed by atoms with E-state index in [2.05, 4.69) is 12.2 Å². The lowest BCUT2D eigenvalue weighted by atomic mass is 9.82. The lowest BCUT2D eigenvalue weighted by Crippen LogP contribution is -2.47. The molecule has 0 radical (unpaired) electrons. The Morgan fingerprint density at radius 3 is 2.50 bits per heavy atom. The van der Waals surface area contributed by atoms with Crippen LogP contribution in [0.3, 0.4) is 0 Å². The molecule has 3 rings (SSSR count). The van der Waals surface area contributed by atoms with Crippen molar-refractivity contribution in [3.05, 3.63) is 69.7 Å². The quantitative estimate of drug-likeness (QED) is 0.569. The maximum Gasteiger partial charge on any atom is 0.331 e. The molecule has 150 valence electrons. The van der Waals surface area contributed by atoms with E-state index in [1.165, 1.54) is 20.0 Å². The van der Waals surface area contributed by atoms with Crippen LogP contribution in [0.1, 0.15) is 37.0 Å². The minimum absolute atomic E-state index is 0.151. The molecule has 1 aliphatic carbocycles. The van der Waals surface area contributed by atoms with Gasteiger partial charge in [0.2, 0.25) is 0 Å². The zero-order valence-corrected chi connectivity index (χ0v) is 17.6. The lowest BCUT2D eigenvalue weighted by Gasteiger charge is -2.39. The molecule has 2 atom stereocenters. The van der Waals surface area contributed by atoms with Crippen LogP contribution in [0.4, 0.5) is 0 Å². The third-order valence-corrected chi connectivity index (χ3v) is 5.66. The van der Waals surface area contributed by atoms with Crippen LogP contribution in [0.5, 0.6) is 0 Å². The summed E-state index contributed by atoms with van der Waals surface area (Å²) in [6.45, 7) is 2.81. The molecule has 4 nitrogen and oxygen atoms in total. The molecule has 28 heavy (non-hydrogen) atoms. The van der Waals surface area contributed by atoms with E-state index >= 15 is 0 Å². The molecule has 0 unspecified atom stereocenters. The highest BCUT2D eigenvalue weighted by molar-refractivity contribution is 6.30. The van der Waals surface area contributed by atoms with E-state index in [1.807, 2.05) is 48.5 Å². The van der Waals surface area contributed by atoms with Crippen LogP contribution < -0.4 is 5.32 Å². The van der Waals surface area contributed by atoms with Gasteiger partial charge < -0.3 is 14.8 Å². The zero-order valence-electron chi connectivity index (χ0n) is 16.1. The van der Waals surface area contributed by atoms with Crippen molar-refractivity contribution in [3.63, 3.8) is 0 Å². The SMILES string of the molecule is COC(=O)CO[C@@H](c1cccc(Cl)c1)[C@](C)(NCC1CC1)c1ccc(Cl)cc1. The number of carbonyl (C=O) groups excluding carboxylic acids is 1. The van der Waals surface area contributed by atoms with Crippen LogP contribution in [0.25, 0.3) is 0 Å². The van der Waals surface area contributed by atoms with Crippen molar-refractivity contribution in [1.82, 2.24) is 5.32 Å². The molecule has 0 heterocycles. The summed E-state index contributed by atoms with van der Waals surface area (Å²) in [4.78, 5) is 11.8. The lowest BCUT2D eigenvalue weighted by molar-refractivity contribution is -0.150. The average molecular weight is 422 g/mol. The van der Waals surface area contributed by atoms with Crippen LogP contribution >= 0.6 is 23.2 Å². The second-order valence-corrected chi connectivity index (χ2v) is 8.23. The van der Waals surface area contributed by atoms with Gasteiger partial charge >= 0.3 is 5.97 Å². The first-order valence-corrected chi connectivity index (χ1v) is 10.1. The zero-order chi connectivity index (χ0) is 20.1. The molecule has 1 saturated carbocycles. The first kappa shape index (κ1) is 21.1. The van der Waals surface area contributed by atoms with Gasteiger partial charge in [-0.3, -0.25) is 0 Å². The van der Waals surface area contributed by atoms with Crippen molar-refractivity contribution in [1.29, 1.82) is 0 Å². The molecule has 2 aromatic carbocycles. The van der Waals surface area contributed by atoms with Crippen molar-refractivity contribution < 1.29 is 14.3 Å². The molecule has 2 aromatic rings. The van der Waals surface area contributed by atoms with Gasteiger partial charge in [-0.2, -0.15) is 0 Å². The molecular formula is C22H25Cl2NO3. The number of methoxy groups -OCH3 is 1. The van der Waals surface area contributed by atoms with E-state index in [9.17, 15) is 4.79 Å². The first-order chi connectivity index (χ1) is 13.4. The van der Waals surface area contributed by atoms with Crippen molar-refractivity contribution in [2.45, 2.75) is 31.4 Å². The number of carbonyl (C=O) groups is 1. The maximum absolute atomic E-state index is 11.8. The van der Waals surface area contributed by atoms with Gasteiger partial charge in [-0.1, -0.05) is 47.5 Å². The Hall–Kier alpha value is -1.59. The van der Waals surface area contributed by atoms with Crippen LogP contribution in [0.15, 0.2) is 48.5 Å². The number of hydrogen-bond acceptors (Lipinski definition) is 4. The number of hydrogen-bond donors (Lipinski definition) is 1. The second-order valence-electron chi connectivity index (χ2n) is 7.36. The molecule has 0 spiro atoms. The summed E-state index contributed by atoms with van der Waals surface area (Å²) in [5, 5.41) is 4.98. The van der Waals surface area contributed by atoms with Gasteiger partial charge in [-0.05, 0) is 67.6 Å². The Kier molecular flexibility index (Phi) is 7.00. The number of nitrogens with one attached hydrogen (secondary N) is 1. The number of esters is 1. The predicted molar refractivity (Wildman–Crippen MR) is 112 cm³/mol. The Balaban J connectivity index is 2.00. The topological polar surface area (TPSA) is 47.6 Å². The van der Waals surface area contributed by atoms with E-state index in [0.29, 0.717) is 16.0 Å². The van der Waals surface area contributed by atoms with E-state index < -0.39 is 17.6 Å². The molecular weight excluding hydrogens is 397 g/mol. The summed E-state index contributed by atoms with van der Waals surface area (Å²) in [6, 6.07) is 15.2. The molecule has 0 aliphatic heterocycles. The van der Waals surface area contributed by atoms with Crippen molar-refractivity contribution >= 4 is 29.2 Å². The van der Waals surface area contributed by atoms with E-state index in [-0.39, 0.29) is 6.61 Å². The second kappa shape index (κ2) is 9.27. The minimum Gasteiger partial charge on any atom is -0.467 e. The van der Waals surface area contributed by atoms with E-state index in [0.717, 1.165) is 17.7 Å². The van der Waals surface area contributed by atoms with E-state index in [4.69, 9.17) is 32.7 Å². The first-order valence-electron chi connectivity index (χ1n) is 9.37. The van der Waals surface area contributed by atoms with Crippen LogP contribution in [-0.4, -0.2) is 26.2 Å². The highest BCUT2D eigenvalue weighted by Crippen LogP contribution is 2.40. The fourth-order valence-electron chi connectivity index (χ4n) is 3.30. The Morgan fingerprint density at radius 1 is 1.18 bits per heavy atom. The van der Waals surface area contributed by atoms with Crippen LogP contribution in [0.2, 0.25) is 10.0 Å². The normalized spacial score (nSPS) is 17.0. The summed E-state index contributed by atoms with van der Waals surface area (Å²) < 4.78 is 10.9.